The highest BCUT2D eigenvalue weighted by molar-refractivity contribution is 9.10. The van der Waals surface area contributed by atoms with Gasteiger partial charge >= 0.3 is 6.18 Å². The van der Waals surface area contributed by atoms with E-state index < -0.39 is 11.7 Å². The van der Waals surface area contributed by atoms with Crippen LogP contribution < -0.4 is 5.73 Å². The van der Waals surface area contributed by atoms with E-state index in [4.69, 9.17) is 22.6 Å². The Hall–Kier alpha value is -1.72. The second-order valence-corrected chi connectivity index (χ2v) is 5.03. The zero-order valence-corrected chi connectivity index (χ0v) is 11.9. The summed E-state index contributed by atoms with van der Waals surface area (Å²) in [6.07, 6.45) is -4.52. The smallest absolute Gasteiger partial charge is 0.384 e. The first kappa shape index (κ1) is 14.7. The van der Waals surface area contributed by atoms with Crippen LogP contribution in [0.3, 0.4) is 0 Å². The van der Waals surface area contributed by atoms with Gasteiger partial charge in [-0.3, -0.25) is 0 Å². The molecule has 0 unspecified atom stereocenters. The van der Waals surface area contributed by atoms with Crippen LogP contribution in [-0.2, 0) is 6.18 Å². The van der Waals surface area contributed by atoms with E-state index in [1.807, 2.05) is 0 Å². The predicted octanol–water partition coefficient (Wildman–Crippen LogP) is 3.76. The third-order valence-electron chi connectivity index (χ3n) is 2.41. The normalized spacial score (nSPS) is 11.4. The molecule has 0 saturated carbocycles. The predicted molar refractivity (Wildman–Crippen MR) is 70.4 cm³/mol. The Balaban J connectivity index is 2.64. The second-order valence-electron chi connectivity index (χ2n) is 3.76. The highest BCUT2D eigenvalue weighted by Crippen LogP contribution is 2.38. The first-order valence-corrected chi connectivity index (χ1v) is 6.23. The number of nitriles is 1. The van der Waals surface area contributed by atoms with E-state index >= 15 is 0 Å². The lowest BCUT2D eigenvalue weighted by Crippen LogP contribution is -2.08. The van der Waals surface area contributed by atoms with Crippen LogP contribution in [0.2, 0.25) is 5.02 Å². The SMILES string of the molecule is N#Cc1cc(N)n(-c2c(Cl)cc(C(F)(F)F)cc2Br)n1. The van der Waals surface area contributed by atoms with Gasteiger partial charge in [0.2, 0.25) is 0 Å². The fourth-order valence-corrected chi connectivity index (χ4v) is 2.60. The number of nitrogens with two attached hydrogens (primary N) is 1. The molecule has 4 nitrogen and oxygen atoms in total. The number of hydrogen-bond donors (Lipinski definition) is 1. The molecule has 20 heavy (non-hydrogen) atoms. The van der Waals surface area contributed by atoms with Crippen molar-refractivity contribution in [3.63, 3.8) is 0 Å². The van der Waals surface area contributed by atoms with Crippen molar-refractivity contribution in [2.24, 2.45) is 0 Å². The molecule has 0 fully saturated rings. The van der Waals surface area contributed by atoms with Crippen molar-refractivity contribution in [1.29, 1.82) is 5.26 Å². The number of hydrogen-bond acceptors (Lipinski definition) is 3. The fraction of sp³-hybridized carbons (Fsp3) is 0.0909. The molecule has 0 spiro atoms. The topological polar surface area (TPSA) is 67.6 Å². The number of anilines is 1. The van der Waals surface area contributed by atoms with Crippen LogP contribution in [0, 0.1) is 11.3 Å². The molecule has 2 aromatic rings. The average molecular weight is 366 g/mol. The molecule has 1 aromatic carbocycles. The summed E-state index contributed by atoms with van der Waals surface area (Å²) >= 11 is 8.88. The fourth-order valence-electron chi connectivity index (χ4n) is 1.56. The van der Waals surface area contributed by atoms with Gasteiger partial charge in [0.05, 0.1) is 16.3 Å². The summed E-state index contributed by atoms with van der Waals surface area (Å²) in [6, 6.07) is 4.72. The van der Waals surface area contributed by atoms with Gasteiger partial charge in [-0.15, -0.1) is 0 Å². The highest BCUT2D eigenvalue weighted by atomic mass is 79.9. The highest BCUT2D eigenvalue weighted by Gasteiger charge is 2.32. The molecular formula is C11H5BrClF3N4. The first-order valence-electron chi connectivity index (χ1n) is 5.06. The lowest BCUT2D eigenvalue weighted by molar-refractivity contribution is -0.137. The van der Waals surface area contributed by atoms with Gasteiger partial charge in [-0.1, -0.05) is 11.6 Å². The molecular weight excluding hydrogens is 360 g/mol. The van der Waals surface area contributed by atoms with Gasteiger partial charge in [0.25, 0.3) is 0 Å². The third kappa shape index (κ3) is 2.59. The van der Waals surface area contributed by atoms with Gasteiger partial charge in [0.15, 0.2) is 5.69 Å². The molecule has 0 radical (unpaired) electrons. The van der Waals surface area contributed by atoms with Crippen LogP contribution in [0.1, 0.15) is 11.3 Å². The summed E-state index contributed by atoms with van der Waals surface area (Å²) in [4.78, 5) is 0. The summed E-state index contributed by atoms with van der Waals surface area (Å²) < 4.78 is 39.1. The lowest BCUT2D eigenvalue weighted by atomic mass is 10.2. The van der Waals surface area contributed by atoms with Gasteiger partial charge in [0.1, 0.15) is 11.9 Å². The van der Waals surface area contributed by atoms with E-state index in [2.05, 4.69) is 21.0 Å². The standard InChI is InChI=1S/C11H5BrClF3N4/c12-7-1-5(11(14,15)16)2-8(13)10(7)20-9(18)3-6(4-17)19-20/h1-3H,18H2. The molecule has 2 rings (SSSR count). The molecule has 0 aliphatic heterocycles. The first-order chi connectivity index (χ1) is 9.24. The maximum Gasteiger partial charge on any atom is 0.416 e. The number of nitrogens with zero attached hydrogens (tertiary/aromatic N) is 3. The van der Waals surface area contributed by atoms with E-state index in [9.17, 15) is 13.2 Å². The summed E-state index contributed by atoms with van der Waals surface area (Å²) in [7, 11) is 0. The number of alkyl halides is 3. The molecule has 1 aromatic heterocycles. The maximum absolute atomic E-state index is 12.7. The molecule has 0 atom stereocenters. The Labute approximate surface area is 124 Å². The molecule has 0 aliphatic rings. The van der Waals surface area contributed by atoms with Gasteiger partial charge in [-0.05, 0) is 28.1 Å². The quantitative estimate of drug-likeness (QED) is 0.836. The van der Waals surface area contributed by atoms with Gasteiger partial charge in [-0.25, -0.2) is 4.68 Å². The van der Waals surface area contributed by atoms with Gasteiger partial charge in [-0.2, -0.15) is 23.5 Å². The molecule has 0 saturated heterocycles. The lowest BCUT2D eigenvalue weighted by Gasteiger charge is -2.13. The van der Waals surface area contributed by atoms with Crippen molar-refractivity contribution < 1.29 is 13.2 Å². The molecule has 9 heteroatoms. The van der Waals surface area contributed by atoms with Crippen molar-refractivity contribution in [2.75, 3.05) is 5.73 Å². The third-order valence-corrected chi connectivity index (χ3v) is 3.30. The molecule has 0 amide bonds. The van der Waals surface area contributed by atoms with Crippen LogP contribution in [0.15, 0.2) is 22.7 Å². The number of aromatic nitrogens is 2. The second kappa shape index (κ2) is 5.00. The van der Waals surface area contributed by atoms with E-state index in [-0.39, 0.29) is 26.7 Å². The molecule has 104 valence electrons. The summed E-state index contributed by atoms with van der Waals surface area (Å²) in [5.74, 6) is 0.0870. The number of benzene rings is 1. The monoisotopic (exact) mass is 364 g/mol. The van der Waals surface area contributed by atoms with Crippen LogP contribution in [0.4, 0.5) is 19.0 Å². The minimum atomic E-state index is -4.52. The van der Waals surface area contributed by atoms with Crippen molar-refractivity contribution in [1.82, 2.24) is 9.78 Å². The molecule has 0 aliphatic carbocycles. The zero-order chi connectivity index (χ0) is 15.1. The maximum atomic E-state index is 12.7. The Bertz CT molecular complexity index is 694. The van der Waals surface area contributed by atoms with E-state index in [1.165, 1.54) is 6.07 Å². The summed E-state index contributed by atoms with van der Waals surface area (Å²) in [6.45, 7) is 0. The van der Waals surface area contributed by atoms with Crippen LogP contribution in [0.25, 0.3) is 5.69 Å². The van der Waals surface area contributed by atoms with E-state index in [0.29, 0.717) is 0 Å². The van der Waals surface area contributed by atoms with Gasteiger partial charge in [0, 0.05) is 10.5 Å². The number of rotatable bonds is 1. The Morgan fingerprint density at radius 3 is 2.45 bits per heavy atom. The summed E-state index contributed by atoms with van der Waals surface area (Å²) in [5, 5.41) is 12.4. The Morgan fingerprint density at radius 1 is 1.35 bits per heavy atom. The zero-order valence-electron chi connectivity index (χ0n) is 9.54. The minimum absolute atomic E-state index is 0.0327. The molecule has 0 bridgehead atoms. The van der Waals surface area contributed by atoms with Crippen molar-refractivity contribution in [3.8, 4) is 11.8 Å². The largest absolute Gasteiger partial charge is 0.416 e. The molecule has 2 N–H and O–H groups in total. The Kier molecular flexibility index (Phi) is 3.67. The number of halogens is 5. The van der Waals surface area contributed by atoms with Gasteiger partial charge < -0.3 is 5.73 Å². The summed E-state index contributed by atoms with van der Waals surface area (Å²) in [5.41, 5.74) is 4.93. The van der Waals surface area contributed by atoms with Crippen LogP contribution in [-0.4, -0.2) is 9.78 Å². The van der Waals surface area contributed by atoms with E-state index in [1.54, 1.807) is 6.07 Å². The molecule has 1 heterocycles. The average Bonchev–Trinajstić information content (AvgIpc) is 2.69. The minimum Gasteiger partial charge on any atom is -0.384 e. The number of nitrogen functional groups attached to an aromatic ring is 1. The van der Waals surface area contributed by atoms with Crippen molar-refractivity contribution in [3.05, 3.63) is 39.0 Å². The van der Waals surface area contributed by atoms with E-state index in [0.717, 1.165) is 16.8 Å². The Morgan fingerprint density at radius 2 is 2.00 bits per heavy atom. The van der Waals surface area contributed by atoms with Crippen molar-refractivity contribution in [2.45, 2.75) is 6.18 Å². The van der Waals surface area contributed by atoms with Crippen molar-refractivity contribution >= 4 is 33.3 Å². The van der Waals surface area contributed by atoms with Crippen LogP contribution in [0.5, 0.6) is 0 Å². The van der Waals surface area contributed by atoms with Crippen LogP contribution >= 0.6 is 27.5 Å².